The van der Waals surface area contributed by atoms with Gasteiger partial charge in [0, 0.05) is 9.72 Å². The Kier molecular flexibility index (Phi) is 3.53. The summed E-state index contributed by atoms with van der Waals surface area (Å²) in [6.07, 6.45) is 0. The molecule has 3 aromatic rings. The van der Waals surface area contributed by atoms with Gasteiger partial charge >= 0.3 is 0 Å². The lowest BCUT2D eigenvalue weighted by atomic mass is 9.99. The van der Waals surface area contributed by atoms with E-state index in [1.54, 1.807) is 11.3 Å². The first-order valence-electron chi connectivity index (χ1n) is 5.97. The molecule has 0 fully saturated rings. The van der Waals surface area contributed by atoms with E-state index in [1.807, 2.05) is 36.4 Å². The Labute approximate surface area is 120 Å². The van der Waals surface area contributed by atoms with E-state index in [4.69, 9.17) is 17.4 Å². The zero-order valence-electron chi connectivity index (χ0n) is 10.1. The molecule has 0 amide bonds. The minimum Gasteiger partial charge on any atom is -0.271 e. The minimum atomic E-state index is -0.0464. The van der Waals surface area contributed by atoms with Crippen LogP contribution in [-0.4, -0.2) is 0 Å². The number of halogens is 1. The summed E-state index contributed by atoms with van der Waals surface area (Å²) in [6.45, 7) is 0. The average molecular weight is 289 g/mol. The molecule has 1 heterocycles. The van der Waals surface area contributed by atoms with Crippen LogP contribution in [0.3, 0.4) is 0 Å². The Morgan fingerprint density at radius 3 is 2.74 bits per heavy atom. The molecule has 0 bridgehead atoms. The van der Waals surface area contributed by atoms with Crippen molar-refractivity contribution in [1.29, 1.82) is 0 Å². The number of thiophene rings is 1. The van der Waals surface area contributed by atoms with Gasteiger partial charge in [-0.15, -0.1) is 11.3 Å². The van der Waals surface area contributed by atoms with Crippen molar-refractivity contribution in [3.63, 3.8) is 0 Å². The standard InChI is InChI=1S/C15H13ClN2S/c16-11-5-3-4-10(8-11)15(18-17)13-9-19-14-7-2-1-6-12(13)14/h1-9,15,18H,17H2. The maximum Gasteiger partial charge on any atom is 0.0724 e. The average Bonchev–Trinajstić information content (AvgIpc) is 2.84. The number of hydrogen-bond acceptors (Lipinski definition) is 3. The van der Waals surface area contributed by atoms with E-state index in [0.717, 1.165) is 10.6 Å². The number of rotatable bonds is 3. The third-order valence-electron chi connectivity index (χ3n) is 3.17. The van der Waals surface area contributed by atoms with Gasteiger partial charge < -0.3 is 0 Å². The summed E-state index contributed by atoms with van der Waals surface area (Å²) in [7, 11) is 0. The Hall–Kier alpha value is -1.39. The molecule has 0 saturated heterocycles. The Bertz CT molecular complexity index is 708. The van der Waals surface area contributed by atoms with Crippen molar-refractivity contribution in [1.82, 2.24) is 5.43 Å². The van der Waals surface area contributed by atoms with Crippen molar-refractivity contribution >= 4 is 33.0 Å². The van der Waals surface area contributed by atoms with Gasteiger partial charge in [-0.05, 0) is 40.1 Å². The fourth-order valence-corrected chi connectivity index (χ4v) is 3.46. The highest BCUT2D eigenvalue weighted by Gasteiger charge is 2.16. The second-order valence-corrected chi connectivity index (χ2v) is 5.69. The molecule has 0 aliphatic heterocycles. The molecule has 3 N–H and O–H groups in total. The summed E-state index contributed by atoms with van der Waals surface area (Å²) < 4.78 is 1.26. The van der Waals surface area contributed by atoms with Crippen LogP contribution in [-0.2, 0) is 0 Å². The second kappa shape index (κ2) is 5.31. The molecule has 0 radical (unpaired) electrons. The predicted molar refractivity (Wildman–Crippen MR) is 82.4 cm³/mol. The Morgan fingerprint density at radius 1 is 1.11 bits per heavy atom. The molecular formula is C15H13ClN2S. The van der Waals surface area contributed by atoms with Gasteiger partial charge in [-0.25, -0.2) is 5.43 Å². The van der Waals surface area contributed by atoms with Crippen LogP contribution < -0.4 is 11.3 Å². The van der Waals surface area contributed by atoms with Gasteiger partial charge in [0.1, 0.15) is 0 Å². The smallest absolute Gasteiger partial charge is 0.0724 e. The molecule has 2 nitrogen and oxygen atoms in total. The maximum atomic E-state index is 6.06. The van der Waals surface area contributed by atoms with Crippen LogP contribution in [0.25, 0.3) is 10.1 Å². The fraction of sp³-hybridized carbons (Fsp3) is 0.0667. The lowest BCUT2D eigenvalue weighted by Crippen LogP contribution is -2.28. The Morgan fingerprint density at radius 2 is 1.95 bits per heavy atom. The molecule has 0 aliphatic carbocycles. The fourth-order valence-electron chi connectivity index (χ4n) is 2.27. The number of nitrogens with two attached hydrogens (primary N) is 1. The first kappa shape index (κ1) is 12.6. The maximum absolute atomic E-state index is 6.06. The quantitative estimate of drug-likeness (QED) is 0.562. The highest BCUT2D eigenvalue weighted by molar-refractivity contribution is 7.17. The van der Waals surface area contributed by atoms with Crippen molar-refractivity contribution in [2.45, 2.75) is 6.04 Å². The van der Waals surface area contributed by atoms with Gasteiger partial charge in [-0.2, -0.15) is 0 Å². The molecule has 1 unspecified atom stereocenters. The normalized spacial score (nSPS) is 12.7. The van der Waals surface area contributed by atoms with E-state index < -0.39 is 0 Å². The zero-order valence-corrected chi connectivity index (χ0v) is 11.7. The summed E-state index contributed by atoms with van der Waals surface area (Å²) in [5.41, 5.74) is 5.14. The van der Waals surface area contributed by atoms with Crippen molar-refractivity contribution < 1.29 is 0 Å². The van der Waals surface area contributed by atoms with E-state index in [2.05, 4.69) is 22.9 Å². The van der Waals surface area contributed by atoms with Gasteiger partial charge in [0.05, 0.1) is 6.04 Å². The highest BCUT2D eigenvalue weighted by Crippen LogP contribution is 2.33. The van der Waals surface area contributed by atoms with E-state index >= 15 is 0 Å². The molecule has 0 aliphatic rings. The van der Waals surface area contributed by atoms with E-state index in [9.17, 15) is 0 Å². The number of hydrazine groups is 1. The molecule has 1 atom stereocenters. The highest BCUT2D eigenvalue weighted by atomic mass is 35.5. The molecule has 19 heavy (non-hydrogen) atoms. The lowest BCUT2D eigenvalue weighted by Gasteiger charge is -2.16. The predicted octanol–water partition coefficient (Wildman–Crippen LogP) is 4.11. The SMILES string of the molecule is NNC(c1cccc(Cl)c1)c1csc2ccccc12. The van der Waals surface area contributed by atoms with Crippen LogP contribution in [0.15, 0.2) is 53.9 Å². The van der Waals surface area contributed by atoms with Gasteiger partial charge in [0.15, 0.2) is 0 Å². The zero-order chi connectivity index (χ0) is 13.2. The van der Waals surface area contributed by atoms with Crippen LogP contribution in [0.1, 0.15) is 17.2 Å². The summed E-state index contributed by atoms with van der Waals surface area (Å²) >= 11 is 7.79. The van der Waals surface area contributed by atoms with Crippen molar-refractivity contribution in [2.75, 3.05) is 0 Å². The molecule has 2 aromatic carbocycles. The van der Waals surface area contributed by atoms with Gasteiger partial charge in [-0.1, -0.05) is 41.9 Å². The van der Waals surface area contributed by atoms with Crippen molar-refractivity contribution in [3.8, 4) is 0 Å². The Balaban J connectivity index is 2.12. The third kappa shape index (κ3) is 2.38. The first-order valence-corrected chi connectivity index (χ1v) is 7.23. The monoisotopic (exact) mass is 288 g/mol. The lowest BCUT2D eigenvalue weighted by molar-refractivity contribution is 0.642. The molecule has 0 saturated carbocycles. The van der Waals surface area contributed by atoms with Gasteiger partial charge in [-0.3, -0.25) is 5.84 Å². The van der Waals surface area contributed by atoms with Crippen LogP contribution in [0.5, 0.6) is 0 Å². The number of nitrogens with one attached hydrogen (secondary N) is 1. The molecule has 0 spiro atoms. The van der Waals surface area contributed by atoms with Crippen LogP contribution in [0, 0.1) is 0 Å². The van der Waals surface area contributed by atoms with Crippen LogP contribution in [0.4, 0.5) is 0 Å². The van der Waals surface area contributed by atoms with Crippen LogP contribution >= 0.6 is 22.9 Å². The molecule has 3 rings (SSSR count). The summed E-state index contributed by atoms with van der Waals surface area (Å²) in [5.74, 6) is 5.75. The largest absolute Gasteiger partial charge is 0.271 e. The van der Waals surface area contributed by atoms with Crippen LogP contribution in [0.2, 0.25) is 5.02 Å². The molecule has 4 heteroatoms. The van der Waals surface area contributed by atoms with Gasteiger partial charge in [0.2, 0.25) is 0 Å². The molecule has 1 aromatic heterocycles. The van der Waals surface area contributed by atoms with Crippen molar-refractivity contribution in [2.24, 2.45) is 5.84 Å². The van der Waals surface area contributed by atoms with Crippen molar-refractivity contribution in [3.05, 3.63) is 70.1 Å². The summed E-state index contributed by atoms with van der Waals surface area (Å²) in [6, 6.07) is 16.1. The molecule has 96 valence electrons. The van der Waals surface area contributed by atoms with E-state index in [0.29, 0.717) is 0 Å². The number of benzene rings is 2. The van der Waals surface area contributed by atoms with E-state index in [1.165, 1.54) is 15.6 Å². The summed E-state index contributed by atoms with van der Waals surface area (Å²) in [5, 5.41) is 4.10. The third-order valence-corrected chi connectivity index (χ3v) is 4.39. The molecular weight excluding hydrogens is 276 g/mol. The van der Waals surface area contributed by atoms with E-state index in [-0.39, 0.29) is 6.04 Å². The van der Waals surface area contributed by atoms with Gasteiger partial charge in [0.25, 0.3) is 0 Å². The first-order chi connectivity index (χ1) is 9.29. The minimum absolute atomic E-state index is 0.0464. The number of hydrogen-bond donors (Lipinski definition) is 2. The topological polar surface area (TPSA) is 38.0 Å². The number of fused-ring (bicyclic) bond motifs is 1. The summed E-state index contributed by atoms with van der Waals surface area (Å²) in [4.78, 5) is 0. The second-order valence-electron chi connectivity index (χ2n) is 4.34.